The van der Waals surface area contributed by atoms with Gasteiger partial charge in [0.05, 0.1) is 0 Å². The minimum atomic E-state index is 0. The van der Waals surface area contributed by atoms with E-state index in [2.05, 4.69) is 20.8 Å². The zero-order valence-electron chi connectivity index (χ0n) is 4.28. The molecule has 0 spiro atoms. The summed E-state index contributed by atoms with van der Waals surface area (Å²) in [7, 11) is 0. The molecule has 0 aromatic rings. The third-order valence-electron chi connectivity index (χ3n) is 0.816. The Morgan fingerprint density at radius 3 is 1.29 bits per heavy atom. The highest BCUT2D eigenvalue weighted by Crippen LogP contribution is 1.93. The van der Waals surface area contributed by atoms with Gasteiger partial charge in [0.2, 0.25) is 0 Å². The van der Waals surface area contributed by atoms with E-state index in [0.717, 1.165) is 5.92 Å². The minimum Gasteiger partial charge on any atom is -0.0776 e. The Hall–Kier alpha value is 0. The summed E-state index contributed by atoms with van der Waals surface area (Å²) in [6, 6.07) is 0. The van der Waals surface area contributed by atoms with E-state index in [0.29, 0.717) is 0 Å². The maximum absolute atomic E-state index is 2.22. The van der Waals surface area contributed by atoms with Crippen LogP contribution in [0.2, 0.25) is 0 Å². The van der Waals surface area contributed by atoms with Crippen molar-refractivity contribution in [3.63, 3.8) is 0 Å². The minimum absolute atomic E-state index is 0. The molecule has 0 heterocycles. The zero-order chi connectivity index (χ0) is 4.28. The van der Waals surface area contributed by atoms with Crippen molar-refractivity contribution in [1.82, 2.24) is 0 Å². The molecule has 48 valence electrons. The molecule has 0 radical (unpaired) electrons. The molecule has 0 bridgehead atoms. The van der Waals surface area contributed by atoms with Crippen molar-refractivity contribution in [2.75, 3.05) is 0 Å². The summed E-state index contributed by atoms with van der Waals surface area (Å²) in [6.07, 6.45) is 1.31. The second kappa shape index (κ2) is 9.38. The van der Waals surface area contributed by atoms with Crippen LogP contribution in [0.3, 0.4) is 0 Å². The molecular formula is C7H20. The van der Waals surface area contributed by atoms with Crippen LogP contribution < -0.4 is 0 Å². The highest BCUT2D eigenvalue weighted by Gasteiger charge is 1.80. The van der Waals surface area contributed by atoms with Gasteiger partial charge in [-0.2, -0.15) is 0 Å². The lowest BCUT2D eigenvalue weighted by Gasteiger charge is -1.90. The lowest BCUT2D eigenvalue weighted by Crippen LogP contribution is -1.77. The third-order valence-corrected chi connectivity index (χ3v) is 0.816. The Morgan fingerprint density at radius 2 is 1.29 bits per heavy atom. The Morgan fingerprint density at radius 1 is 1.14 bits per heavy atom. The molecule has 0 amide bonds. The normalized spacial score (nSPS) is 6.86. The topological polar surface area (TPSA) is 0 Å². The molecule has 0 rings (SSSR count). The average molecular weight is 104 g/mol. The first-order chi connectivity index (χ1) is 2.27. The second-order valence-electron chi connectivity index (χ2n) is 1.80. The van der Waals surface area contributed by atoms with Gasteiger partial charge in [-0.15, -0.1) is 0 Å². The molecule has 0 aliphatic heterocycles. The van der Waals surface area contributed by atoms with Crippen LogP contribution in [-0.4, -0.2) is 0 Å². The van der Waals surface area contributed by atoms with Crippen molar-refractivity contribution in [2.24, 2.45) is 5.92 Å². The number of hydrogen-bond donors (Lipinski definition) is 0. The van der Waals surface area contributed by atoms with Crippen LogP contribution >= 0.6 is 0 Å². The van der Waals surface area contributed by atoms with Gasteiger partial charge in [0.1, 0.15) is 0 Å². The van der Waals surface area contributed by atoms with Crippen LogP contribution in [0, 0.1) is 5.92 Å². The molecule has 0 atom stereocenters. The first kappa shape index (κ1) is 15.8. The van der Waals surface area contributed by atoms with E-state index in [4.69, 9.17) is 0 Å². The van der Waals surface area contributed by atoms with Gasteiger partial charge in [-0.05, 0) is 5.92 Å². The van der Waals surface area contributed by atoms with Crippen molar-refractivity contribution in [3.8, 4) is 0 Å². The maximum Gasteiger partial charge on any atom is -0.0474 e. The second-order valence-corrected chi connectivity index (χ2v) is 1.80. The predicted molar refractivity (Wildman–Crippen MR) is 38.6 cm³/mol. The Kier molecular flexibility index (Phi) is 21.1. The van der Waals surface area contributed by atoms with Crippen LogP contribution in [0.15, 0.2) is 0 Å². The Labute approximate surface area is 48.9 Å². The summed E-state index contributed by atoms with van der Waals surface area (Å²) < 4.78 is 0. The summed E-state index contributed by atoms with van der Waals surface area (Å²) in [5.41, 5.74) is 0. The first-order valence-electron chi connectivity index (χ1n) is 2.27. The molecule has 7 heavy (non-hydrogen) atoms. The summed E-state index contributed by atoms with van der Waals surface area (Å²) in [6.45, 7) is 6.64. The Bertz CT molecular complexity index is 14.0. The highest BCUT2D eigenvalue weighted by atomic mass is 13.9. The molecular weight excluding hydrogens is 84.1 g/mol. The monoisotopic (exact) mass is 104 g/mol. The van der Waals surface area contributed by atoms with Gasteiger partial charge in [0, 0.05) is 0 Å². The molecule has 0 nitrogen and oxygen atoms in total. The van der Waals surface area contributed by atoms with Gasteiger partial charge in [-0.25, -0.2) is 0 Å². The van der Waals surface area contributed by atoms with Crippen LogP contribution in [0.5, 0.6) is 0 Å². The van der Waals surface area contributed by atoms with E-state index in [1.54, 1.807) is 0 Å². The molecule has 0 N–H and O–H groups in total. The van der Waals surface area contributed by atoms with Gasteiger partial charge < -0.3 is 0 Å². The van der Waals surface area contributed by atoms with Crippen LogP contribution in [-0.2, 0) is 0 Å². The van der Waals surface area contributed by atoms with Crippen molar-refractivity contribution >= 4 is 0 Å². The smallest absolute Gasteiger partial charge is 0.0474 e. The van der Waals surface area contributed by atoms with Gasteiger partial charge in [0.25, 0.3) is 0 Å². The number of rotatable bonds is 1. The molecule has 0 fully saturated rings. The summed E-state index contributed by atoms with van der Waals surface area (Å²) in [5, 5.41) is 0. The van der Waals surface area contributed by atoms with E-state index in [1.165, 1.54) is 6.42 Å². The quantitative estimate of drug-likeness (QED) is 0.478. The standard InChI is InChI=1S/C5H12.2CH4/c1-4-5(2)3;;/h5H,4H2,1-3H3;2*1H4. The van der Waals surface area contributed by atoms with Crippen LogP contribution in [0.25, 0.3) is 0 Å². The molecule has 0 aromatic heterocycles. The van der Waals surface area contributed by atoms with Crippen molar-refractivity contribution < 1.29 is 0 Å². The average Bonchev–Trinajstić information content (AvgIpc) is 1.38. The van der Waals surface area contributed by atoms with Crippen LogP contribution in [0.1, 0.15) is 42.0 Å². The summed E-state index contributed by atoms with van der Waals surface area (Å²) in [5.74, 6) is 0.884. The molecule has 0 saturated carbocycles. The van der Waals surface area contributed by atoms with Crippen molar-refractivity contribution in [1.29, 1.82) is 0 Å². The highest BCUT2D eigenvalue weighted by molar-refractivity contribution is 4.32. The fourth-order valence-electron chi connectivity index (χ4n) is 0. The third kappa shape index (κ3) is 24.0. The lowest BCUT2D eigenvalue weighted by molar-refractivity contribution is 0.626. The van der Waals surface area contributed by atoms with E-state index in [9.17, 15) is 0 Å². The summed E-state index contributed by atoms with van der Waals surface area (Å²) in [4.78, 5) is 0. The lowest BCUT2D eigenvalue weighted by atomic mass is 10.2. The van der Waals surface area contributed by atoms with Crippen molar-refractivity contribution in [3.05, 3.63) is 0 Å². The van der Waals surface area contributed by atoms with E-state index in [1.807, 2.05) is 0 Å². The predicted octanol–water partition coefficient (Wildman–Crippen LogP) is 3.32. The fourth-order valence-corrected chi connectivity index (χ4v) is 0. The van der Waals surface area contributed by atoms with Crippen molar-refractivity contribution in [2.45, 2.75) is 42.0 Å². The molecule has 0 saturated heterocycles. The largest absolute Gasteiger partial charge is 0.0776 e. The van der Waals surface area contributed by atoms with Gasteiger partial charge in [-0.1, -0.05) is 42.0 Å². The summed E-state index contributed by atoms with van der Waals surface area (Å²) >= 11 is 0. The van der Waals surface area contributed by atoms with Gasteiger partial charge in [0.15, 0.2) is 0 Å². The van der Waals surface area contributed by atoms with E-state index < -0.39 is 0 Å². The van der Waals surface area contributed by atoms with Gasteiger partial charge in [-0.3, -0.25) is 0 Å². The molecule has 0 unspecified atom stereocenters. The van der Waals surface area contributed by atoms with E-state index in [-0.39, 0.29) is 14.9 Å². The van der Waals surface area contributed by atoms with E-state index >= 15 is 0 Å². The molecule has 0 heteroatoms. The SMILES string of the molecule is C.C.CCC(C)C. The maximum atomic E-state index is 2.22. The zero-order valence-corrected chi connectivity index (χ0v) is 4.28. The fraction of sp³-hybridized carbons (Fsp3) is 1.00. The molecule has 0 aliphatic rings. The molecule has 0 aromatic carbocycles. The molecule has 0 aliphatic carbocycles. The van der Waals surface area contributed by atoms with Crippen LogP contribution in [0.4, 0.5) is 0 Å². The van der Waals surface area contributed by atoms with Gasteiger partial charge >= 0.3 is 0 Å². The Balaban J connectivity index is -0.0000000800. The first-order valence-corrected chi connectivity index (χ1v) is 2.27. The number of hydrogen-bond acceptors (Lipinski definition) is 0.